The molecule has 1 aromatic carbocycles. The summed E-state index contributed by atoms with van der Waals surface area (Å²) in [4.78, 5) is 8.48. The molecule has 3 aromatic rings. The summed E-state index contributed by atoms with van der Waals surface area (Å²) in [6, 6.07) is 7.18. The predicted octanol–water partition coefficient (Wildman–Crippen LogP) is 2.99. The van der Waals surface area contributed by atoms with Gasteiger partial charge in [-0.05, 0) is 24.3 Å². The van der Waals surface area contributed by atoms with Crippen LogP contribution in [0.3, 0.4) is 0 Å². The maximum Gasteiger partial charge on any atom is 0.142 e. The molecule has 2 aromatic heterocycles. The number of benzene rings is 1. The van der Waals surface area contributed by atoms with Crippen molar-refractivity contribution in [3.8, 4) is 17.1 Å². The zero-order valence-electron chi connectivity index (χ0n) is 9.63. The fourth-order valence-electron chi connectivity index (χ4n) is 1.97. The Labute approximate surface area is 108 Å². The Balaban J connectivity index is 2.27. The Morgan fingerprint density at radius 2 is 2.06 bits per heavy atom. The second-order valence-corrected chi connectivity index (χ2v) is 4.50. The number of aryl methyl sites for hydroxylation is 1. The number of hydrogen-bond acceptors (Lipinski definition) is 3. The Morgan fingerprint density at radius 1 is 1.22 bits per heavy atom. The van der Waals surface area contributed by atoms with Gasteiger partial charge in [0.25, 0.3) is 0 Å². The summed E-state index contributed by atoms with van der Waals surface area (Å²) in [6.45, 7) is 0. The molecule has 0 unspecified atom stereocenters. The fraction of sp³-hybridized carbons (Fsp3) is 0.0769. The Hall–Kier alpha value is -2.07. The monoisotopic (exact) mass is 259 g/mol. The molecule has 0 atom stereocenters. The third-order valence-electron chi connectivity index (χ3n) is 2.82. The quantitative estimate of drug-likeness (QED) is 0.731. The van der Waals surface area contributed by atoms with Crippen LogP contribution in [0, 0.1) is 0 Å². The van der Waals surface area contributed by atoms with E-state index in [4.69, 9.17) is 11.6 Å². The minimum absolute atomic E-state index is 0.123. The molecule has 0 saturated carbocycles. The first kappa shape index (κ1) is 11.0. The fourth-order valence-corrected chi connectivity index (χ4v) is 2.14. The van der Waals surface area contributed by atoms with Crippen LogP contribution in [0.25, 0.3) is 22.4 Å². The first-order valence-electron chi connectivity index (χ1n) is 5.41. The highest BCUT2D eigenvalue weighted by atomic mass is 35.5. The second kappa shape index (κ2) is 3.99. The number of aromatic hydroxyl groups is 1. The predicted molar refractivity (Wildman–Crippen MR) is 70.6 cm³/mol. The van der Waals surface area contributed by atoms with E-state index in [0.717, 1.165) is 22.4 Å². The molecule has 0 amide bonds. The van der Waals surface area contributed by atoms with Crippen molar-refractivity contribution in [3.63, 3.8) is 0 Å². The molecule has 0 fully saturated rings. The average Bonchev–Trinajstić information content (AvgIpc) is 2.67. The highest BCUT2D eigenvalue weighted by Gasteiger charge is 2.10. The van der Waals surface area contributed by atoms with Crippen molar-refractivity contribution in [2.24, 2.45) is 7.05 Å². The summed E-state index contributed by atoms with van der Waals surface area (Å²) in [5.41, 5.74) is 2.57. The lowest BCUT2D eigenvalue weighted by Gasteiger charge is -2.02. The van der Waals surface area contributed by atoms with E-state index in [1.807, 2.05) is 23.7 Å². The molecule has 90 valence electrons. The van der Waals surface area contributed by atoms with Crippen molar-refractivity contribution in [2.75, 3.05) is 0 Å². The Bertz CT molecular complexity index is 736. The highest BCUT2D eigenvalue weighted by Crippen LogP contribution is 2.26. The van der Waals surface area contributed by atoms with Gasteiger partial charge in [0, 0.05) is 23.8 Å². The lowest BCUT2D eigenvalue weighted by atomic mass is 10.2. The van der Waals surface area contributed by atoms with Gasteiger partial charge in [-0.2, -0.15) is 0 Å². The topological polar surface area (TPSA) is 50.9 Å². The molecule has 0 aliphatic heterocycles. The van der Waals surface area contributed by atoms with E-state index in [-0.39, 0.29) is 5.75 Å². The van der Waals surface area contributed by atoms with Gasteiger partial charge >= 0.3 is 0 Å². The third-order valence-corrected chi connectivity index (χ3v) is 3.06. The summed E-state index contributed by atoms with van der Waals surface area (Å²) in [7, 11) is 1.91. The van der Waals surface area contributed by atoms with E-state index in [0.29, 0.717) is 5.02 Å². The van der Waals surface area contributed by atoms with Crippen LogP contribution in [0.5, 0.6) is 5.75 Å². The number of pyridine rings is 1. The number of fused-ring (bicyclic) bond motifs is 1. The summed E-state index contributed by atoms with van der Waals surface area (Å²) in [5, 5.41) is 10.1. The number of imidazole rings is 1. The normalized spacial score (nSPS) is 11.0. The van der Waals surface area contributed by atoms with Crippen molar-refractivity contribution >= 4 is 22.6 Å². The molecular weight excluding hydrogens is 250 g/mol. The van der Waals surface area contributed by atoms with Crippen molar-refractivity contribution in [3.05, 3.63) is 41.7 Å². The molecule has 0 bridgehead atoms. The lowest BCUT2D eigenvalue weighted by molar-refractivity contribution is 0.473. The van der Waals surface area contributed by atoms with Gasteiger partial charge in [0.2, 0.25) is 0 Å². The largest absolute Gasteiger partial charge is 0.506 e. The van der Waals surface area contributed by atoms with E-state index in [1.165, 1.54) is 6.20 Å². The van der Waals surface area contributed by atoms with Crippen molar-refractivity contribution in [1.82, 2.24) is 14.5 Å². The van der Waals surface area contributed by atoms with Crippen LogP contribution in [0.4, 0.5) is 0 Å². The van der Waals surface area contributed by atoms with Crippen molar-refractivity contribution < 1.29 is 5.11 Å². The van der Waals surface area contributed by atoms with Crippen LogP contribution < -0.4 is 0 Å². The van der Waals surface area contributed by atoms with Gasteiger partial charge in [0.15, 0.2) is 0 Å². The van der Waals surface area contributed by atoms with Crippen LogP contribution in [-0.2, 0) is 7.05 Å². The number of halogens is 1. The molecule has 0 aliphatic carbocycles. The van der Waals surface area contributed by atoms with Gasteiger partial charge in [-0.25, -0.2) is 4.98 Å². The minimum Gasteiger partial charge on any atom is -0.506 e. The molecule has 0 radical (unpaired) electrons. The Morgan fingerprint density at radius 3 is 2.83 bits per heavy atom. The maximum absolute atomic E-state index is 9.46. The van der Waals surface area contributed by atoms with E-state index in [1.54, 1.807) is 18.3 Å². The number of nitrogens with zero attached hydrogens (tertiary/aromatic N) is 3. The number of rotatable bonds is 1. The summed E-state index contributed by atoms with van der Waals surface area (Å²) in [5.74, 6) is 0.869. The molecule has 0 spiro atoms. The molecule has 4 nitrogen and oxygen atoms in total. The molecule has 1 N–H and O–H groups in total. The molecule has 18 heavy (non-hydrogen) atoms. The van der Waals surface area contributed by atoms with Crippen LogP contribution in [0.1, 0.15) is 0 Å². The number of aromatic nitrogens is 3. The van der Waals surface area contributed by atoms with Gasteiger partial charge in [0.1, 0.15) is 11.6 Å². The molecule has 5 heteroatoms. The van der Waals surface area contributed by atoms with E-state index >= 15 is 0 Å². The van der Waals surface area contributed by atoms with Gasteiger partial charge < -0.3 is 9.67 Å². The summed E-state index contributed by atoms with van der Waals surface area (Å²) in [6.07, 6.45) is 3.06. The van der Waals surface area contributed by atoms with E-state index < -0.39 is 0 Å². The molecular formula is C13H10ClN3O. The first-order valence-corrected chi connectivity index (χ1v) is 5.79. The molecule has 0 saturated heterocycles. The Kier molecular flexibility index (Phi) is 2.45. The van der Waals surface area contributed by atoms with Crippen LogP contribution in [-0.4, -0.2) is 19.6 Å². The number of hydrogen-bond donors (Lipinski definition) is 1. The van der Waals surface area contributed by atoms with Gasteiger partial charge in [-0.1, -0.05) is 11.6 Å². The van der Waals surface area contributed by atoms with Gasteiger partial charge in [-0.3, -0.25) is 4.98 Å². The third kappa shape index (κ3) is 1.71. The van der Waals surface area contributed by atoms with Crippen molar-refractivity contribution in [2.45, 2.75) is 0 Å². The average molecular weight is 260 g/mol. The van der Waals surface area contributed by atoms with E-state index in [9.17, 15) is 5.11 Å². The molecule has 0 aliphatic rings. The van der Waals surface area contributed by atoms with Crippen LogP contribution in [0.15, 0.2) is 36.7 Å². The first-order chi connectivity index (χ1) is 8.65. The van der Waals surface area contributed by atoms with E-state index in [2.05, 4.69) is 9.97 Å². The summed E-state index contributed by atoms with van der Waals surface area (Å²) < 4.78 is 1.93. The van der Waals surface area contributed by atoms with Crippen LogP contribution >= 0.6 is 11.6 Å². The zero-order chi connectivity index (χ0) is 12.7. The molecule has 2 heterocycles. The smallest absolute Gasteiger partial charge is 0.142 e. The summed E-state index contributed by atoms with van der Waals surface area (Å²) >= 11 is 5.98. The SMILES string of the molecule is Cn1c(-c2cncc(O)c2)nc2ccc(Cl)cc21. The van der Waals surface area contributed by atoms with Gasteiger partial charge in [0.05, 0.1) is 17.2 Å². The highest BCUT2D eigenvalue weighted by molar-refractivity contribution is 6.31. The lowest BCUT2D eigenvalue weighted by Crippen LogP contribution is -1.92. The van der Waals surface area contributed by atoms with Gasteiger partial charge in [-0.15, -0.1) is 0 Å². The second-order valence-electron chi connectivity index (χ2n) is 4.06. The minimum atomic E-state index is 0.123. The molecule has 3 rings (SSSR count). The maximum atomic E-state index is 9.46. The zero-order valence-corrected chi connectivity index (χ0v) is 10.4. The van der Waals surface area contributed by atoms with Crippen molar-refractivity contribution in [1.29, 1.82) is 0 Å². The van der Waals surface area contributed by atoms with Crippen LogP contribution in [0.2, 0.25) is 5.02 Å². The standard InChI is InChI=1S/C13H10ClN3O/c1-17-12-5-9(14)2-3-11(12)16-13(17)8-4-10(18)7-15-6-8/h2-7,18H,1H3.